The number of nitrogens with one attached hydrogen (secondary N) is 1. The van der Waals surface area contributed by atoms with Crippen molar-refractivity contribution >= 4 is 27.6 Å². The average Bonchev–Trinajstić information content (AvgIpc) is 3.19. The molecule has 0 radical (unpaired) electrons. The summed E-state index contributed by atoms with van der Waals surface area (Å²) in [5.74, 6) is -1.47. The molecule has 1 amide bonds. The minimum atomic E-state index is -3.76. The minimum Gasteiger partial charge on any atom is -0.449 e. The van der Waals surface area contributed by atoms with E-state index in [0.717, 1.165) is 11.1 Å². The molecule has 0 unspecified atom stereocenters. The number of carbonyl (C=O) groups is 2. The normalized spacial score (nSPS) is 14.2. The molecule has 0 saturated carbocycles. The summed E-state index contributed by atoms with van der Waals surface area (Å²) < 4.78 is 36.2. The second-order valence-electron chi connectivity index (χ2n) is 9.85. The van der Waals surface area contributed by atoms with Crippen LogP contribution in [-0.4, -0.2) is 46.6 Å². The van der Waals surface area contributed by atoms with Crippen LogP contribution in [0.1, 0.15) is 34.1 Å². The highest BCUT2D eigenvalue weighted by Crippen LogP contribution is 2.25. The number of aromatic nitrogens is 2. The Kier molecular flexibility index (Phi) is 7.65. The van der Waals surface area contributed by atoms with Gasteiger partial charge >= 0.3 is 5.97 Å². The van der Waals surface area contributed by atoms with E-state index in [4.69, 9.17) is 4.74 Å². The molecule has 0 bridgehead atoms. The number of hydrogen-bond acceptors (Lipinski definition) is 6. The van der Waals surface area contributed by atoms with Gasteiger partial charge in [0, 0.05) is 20.1 Å². The number of esters is 1. The lowest BCUT2D eigenvalue weighted by Crippen LogP contribution is -2.36. The number of rotatable bonds is 7. The van der Waals surface area contributed by atoms with Gasteiger partial charge in [-0.15, -0.1) is 0 Å². The zero-order chi connectivity index (χ0) is 29.3. The minimum absolute atomic E-state index is 0.0634. The highest BCUT2D eigenvalue weighted by atomic mass is 32.2. The molecule has 10 nitrogen and oxygen atoms in total. The number of nitrogens with zero attached hydrogens (tertiary/aromatic N) is 3. The maximum absolute atomic E-state index is 13.2. The van der Waals surface area contributed by atoms with Gasteiger partial charge in [0.1, 0.15) is 5.69 Å². The van der Waals surface area contributed by atoms with Crippen molar-refractivity contribution in [2.75, 3.05) is 11.9 Å². The van der Waals surface area contributed by atoms with Crippen LogP contribution < -0.4 is 10.9 Å². The van der Waals surface area contributed by atoms with E-state index in [-0.39, 0.29) is 22.7 Å². The molecule has 0 saturated heterocycles. The molecular formula is C30H30N4O6S. The molecule has 11 heteroatoms. The third kappa shape index (κ3) is 5.46. The number of anilines is 1. The Morgan fingerprint density at radius 1 is 0.927 bits per heavy atom. The van der Waals surface area contributed by atoms with Crippen molar-refractivity contribution in [3.8, 4) is 5.69 Å². The van der Waals surface area contributed by atoms with Crippen LogP contribution in [0, 0.1) is 6.92 Å². The molecule has 3 aromatic carbocycles. The van der Waals surface area contributed by atoms with Crippen molar-refractivity contribution in [1.29, 1.82) is 0 Å². The first-order valence-corrected chi connectivity index (χ1v) is 14.5. The first-order chi connectivity index (χ1) is 19.6. The van der Waals surface area contributed by atoms with Crippen molar-refractivity contribution in [2.45, 2.75) is 37.8 Å². The Hall–Kier alpha value is -4.48. The van der Waals surface area contributed by atoms with Crippen LogP contribution in [0.3, 0.4) is 0 Å². The smallest absolute Gasteiger partial charge is 0.338 e. The molecule has 1 atom stereocenters. The zero-order valence-electron chi connectivity index (χ0n) is 22.9. The summed E-state index contributed by atoms with van der Waals surface area (Å²) >= 11 is 0. The van der Waals surface area contributed by atoms with E-state index in [1.807, 2.05) is 30.3 Å². The fraction of sp³-hybridized carbons (Fsp3) is 0.233. The summed E-state index contributed by atoms with van der Waals surface area (Å²) in [4.78, 5) is 38.7. The van der Waals surface area contributed by atoms with Crippen LogP contribution in [0.2, 0.25) is 0 Å². The van der Waals surface area contributed by atoms with Gasteiger partial charge in [-0.1, -0.05) is 42.5 Å². The van der Waals surface area contributed by atoms with Crippen LogP contribution in [0.5, 0.6) is 0 Å². The Labute approximate surface area is 237 Å². The second-order valence-corrected chi connectivity index (χ2v) is 11.8. The molecule has 1 N–H and O–H groups in total. The van der Waals surface area contributed by atoms with Gasteiger partial charge in [0.2, 0.25) is 10.0 Å². The number of amides is 1. The Morgan fingerprint density at radius 2 is 1.56 bits per heavy atom. The summed E-state index contributed by atoms with van der Waals surface area (Å²) in [7, 11) is -2.06. The number of para-hydroxylation sites is 1. The molecule has 41 heavy (non-hydrogen) atoms. The van der Waals surface area contributed by atoms with E-state index in [9.17, 15) is 22.8 Å². The van der Waals surface area contributed by atoms with Gasteiger partial charge in [-0.25, -0.2) is 17.9 Å². The van der Waals surface area contributed by atoms with Gasteiger partial charge in [-0.3, -0.25) is 14.3 Å². The fourth-order valence-corrected chi connectivity index (χ4v) is 6.23. The standard InChI is InChI=1S/C30H30N4O6S/c1-20-27(29(36)34(32(20)3)25-11-5-4-6-12-25)31-28(35)21(2)40-30(37)23-13-15-26(16-14-23)41(38,39)33-18-17-22-9-7-8-10-24(22)19-33/h4-16,21H,17-19H2,1-3H3,(H,31,35)/t21-/m1/s1. The van der Waals surface area contributed by atoms with Crippen molar-refractivity contribution < 1.29 is 22.7 Å². The van der Waals surface area contributed by atoms with Crippen molar-refractivity contribution in [3.63, 3.8) is 0 Å². The van der Waals surface area contributed by atoms with Crippen molar-refractivity contribution in [1.82, 2.24) is 13.7 Å². The molecule has 4 aromatic rings. The molecule has 1 aliphatic heterocycles. The summed E-state index contributed by atoms with van der Waals surface area (Å²) in [5, 5.41) is 2.58. The molecule has 5 rings (SSSR count). The summed E-state index contributed by atoms with van der Waals surface area (Å²) in [6, 6.07) is 22.2. The highest BCUT2D eigenvalue weighted by Gasteiger charge is 2.29. The van der Waals surface area contributed by atoms with Crippen LogP contribution in [0.25, 0.3) is 5.69 Å². The van der Waals surface area contributed by atoms with E-state index < -0.39 is 33.6 Å². The third-order valence-corrected chi connectivity index (χ3v) is 9.14. The summed E-state index contributed by atoms with van der Waals surface area (Å²) in [6.45, 7) is 3.75. The lowest BCUT2D eigenvalue weighted by atomic mass is 10.0. The summed E-state index contributed by atoms with van der Waals surface area (Å²) in [5.41, 5.74) is 3.03. The van der Waals surface area contributed by atoms with Gasteiger partial charge in [0.05, 0.1) is 21.8 Å². The first kappa shape index (κ1) is 28.1. The molecule has 0 spiro atoms. The maximum atomic E-state index is 13.2. The van der Waals surface area contributed by atoms with Gasteiger partial charge in [-0.05, 0) is 67.8 Å². The molecule has 1 aromatic heterocycles. The third-order valence-electron chi connectivity index (χ3n) is 7.28. The van der Waals surface area contributed by atoms with Crippen LogP contribution in [-0.2, 0) is 39.6 Å². The zero-order valence-corrected chi connectivity index (χ0v) is 23.7. The average molecular weight is 575 g/mol. The number of sulfonamides is 1. The fourth-order valence-electron chi connectivity index (χ4n) is 4.81. The Balaban J connectivity index is 1.25. The SMILES string of the molecule is Cc1c(NC(=O)[C@@H](C)OC(=O)c2ccc(S(=O)(=O)N3CCc4ccccc4C3)cc2)c(=O)n(-c2ccccc2)n1C. The van der Waals surface area contributed by atoms with E-state index in [1.165, 1.54) is 40.2 Å². The summed E-state index contributed by atoms with van der Waals surface area (Å²) in [6.07, 6.45) is -0.592. The predicted octanol–water partition coefficient (Wildman–Crippen LogP) is 3.42. The lowest BCUT2D eigenvalue weighted by molar-refractivity contribution is -0.123. The van der Waals surface area contributed by atoms with Gasteiger partial charge in [0.15, 0.2) is 6.10 Å². The van der Waals surface area contributed by atoms with Crippen molar-refractivity contribution in [3.05, 3.63) is 112 Å². The molecule has 0 aliphatic carbocycles. The topological polar surface area (TPSA) is 120 Å². The molecule has 0 fully saturated rings. The molecule has 1 aliphatic rings. The van der Waals surface area contributed by atoms with E-state index in [1.54, 1.807) is 42.9 Å². The quantitative estimate of drug-likeness (QED) is 0.338. The molecular weight excluding hydrogens is 544 g/mol. The Bertz CT molecular complexity index is 1780. The number of benzene rings is 3. The number of ether oxygens (including phenoxy) is 1. The monoisotopic (exact) mass is 574 g/mol. The number of fused-ring (bicyclic) bond motifs is 1. The predicted molar refractivity (Wildman–Crippen MR) is 153 cm³/mol. The van der Waals surface area contributed by atoms with E-state index in [2.05, 4.69) is 5.32 Å². The van der Waals surface area contributed by atoms with Gasteiger partial charge in [0.25, 0.3) is 11.5 Å². The van der Waals surface area contributed by atoms with Crippen LogP contribution in [0.15, 0.2) is 88.6 Å². The van der Waals surface area contributed by atoms with Crippen LogP contribution >= 0.6 is 0 Å². The Morgan fingerprint density at radius 3 is 2.24 bits per heavy atom. The highest BCUT2D eigenvalue weighted by molar-refractivity contribution is 7.89. The largest absolute Gasteiger partial charge is 0.449 e. The van der Waals surface area contributed by atoms with E-state index in [0.29, 0.717) is 24.3 Å². The van der Waals surface area contributed by atoms with Gasteiger partial charge < -0.3 is 10.1 Å². The first-order valence-electron chi connectivity index (χ1n) is 13.1. The van der Waals surface area contributed by atoms with Crippen LogP contribution in [0.4, 0.5) is 5.69 Å². The second kappa shape index (κ2) is 11.2. The van der Waals surface area contributed by atoms with E-state index >= 15 is 0 Å². The lowest BCUT2D eigenvalue weighted by Gasteiger charge is -2.28. The molecule has 212 valence electrons. The van der Waals surface area contributed by atoms with Gasteiger partial charge in [-0.2, -0.15) is 4.31 Å². The van der Waals surface area contributed by atoms with Crippen molar-refractivity contribution in [2.24, 2.45) is 7.05 Å². The number of hydrogen-bond donors (Lipinski definition) is 1. The molecule has 2 heterocycles. The maximum Gasteiger partial charge on any atom is 0.338 e. The number of carbonyl (C=O) groups excluding carboxylic acids is 2.